The molecule has 1 unspecified atom stereocenters. The van der Waals surface area contributed by atoms with Gasteiger partial charge in [-0.25, -0.2) is 14.8 Å². The lowest BCUT2D eigenvalue weighted by Crippen LogP contribution is -2.43. The fraction of sp³-hybridized carbons (Fsp3) is 0.567. The first-order valence-electron chi connectivity index (χ1n) is 14.8. The summed E-state index contributed by atoms with van der Waals surface area (Å²) in [5.74, 6) is 1.76. The number of anilines is 1. The summed E-state index contributed by atoms with van der Waals surface area (Å²) in [6, 6.07) is 3.87. The normalized spacial score (nSPS) is 25.4. The predicted molar refractivity (Wildman–Crippen MR) is 159 cm³/mol. The maximum absolute atomic E-state index is 11.8. The Balaban J connectivity index is 1.45. The number of halogens is 1. The molecule has 1 N–H and O–H groups in total. The minimum absolute atomic E-state index is 0.0805. The molecule has 11 nitrogen and oxygen atoms in total. The van der Waals surface area contributed by atoms with Crippen LogP contribution in [0.3, 0.4) is 0 Å². The summed E-state index contributed by atoms with van der Waals surface area (Å²) >= 11 is 6.42. The van der Waals surface area contributed by atoms with Crippen molar-refractivity contribution in [3.05, 3.63) is 40.1 Å². The molecule has 0 aromatic carbocycles. The molecule has 222 valence electrons. The number of ether oxygens (including phenoxy) is 2. The first-order valence-corrected chi connectivity index (χ1v) is 15.2. The molecule has 0 amide bonds. The number of H-pyrrole nitrogens is 1. The Kier molecular flexibility index (Phi) is 7.06. The highest BCUT2D eigenvalue weighted by atomic mass is 35.5. The van der Waals surface area contributed by atoms with E-state index in [1.54, 1.807) is 19.5 Å². The zero-order valence-electron chi connectivity index (χ0n) is 24.2. The maximum atomic E-state index is 11.8. The molecule has 2 atom stereocenters. The van der Waals surface area contributed by atoms with E-state index in [-0.39, 0.29) is 23.6 Å². The number of fused-ring (bicyclic) bond motifs is 1. The van der Waals surface area contributed by atoms with Gasteiger partial charge in [-0.05, 0) is 56.1 Å². The first-order chi connectivity index (χ1) is 20.4. The minimum Gasteiger partial charge on any atom is -0.380 e. The smallest absolute Gasteiger partial charge is 0.380 e. The molecule has 0 spiro atoms. The van der Waals surface area contributed by atoms with Crippen LogP contribution in [-0.4, -0.2) is 68.2 Å². The zero-order valence-corrected chi connectivity index (χ0v) is 24.9. The number of imidazole rings is 1. The molecule has 0 radical (unpaired) electrons. The van der Waals surface area contributed by atoms with Crippen molar-refractivity contribution in [2.45, 2.75) is 76.2 Å². The van der Waals surface area contributed by atoms with E-state index in [0.29, 0.717) is 22.3 Å². The largest absolute Gasteiger partial charge is 0.439 e. The molecule has 42 heavy (non-hydrogen) atoms. The molecule has 2 aliphatic carbocycles. The van der Waals surface area contributed by atoms with Crippen LogP contribution in [0.25, 0.3) is 33.8 Å². The Morgan fingerprint density at radius 3 is 2.62 bits per heavy atom. The number of methoxy groups -OCH3 is 2. The van der Waals surface area contributed by atoms with Crippen LogP contribution in [0.2, 0.25) is 5.02 Å². The van der Waals surface area contributed by atoms with Gasteiger partial charge in [-0.15, -0.1) is 0 Å². The predicted octanol–water partition coefficient (Wildman–Crippen LogP) is 5.09. The minimum atomic E-state index is -0.643. The molecular formula is C30H36ClN7O4. The lowest BCUT2D eigenvalue weighted by Gasteiger charge is -2.33. The van der Waals surface area contributed by atoms with Gasteiger partial charge in [0.25, 0.3) is 0 Å². The maximum Gasteiger partial charge on any atom is 0.439 e. The van der Waals surface area contributed by atoms with E-state index in [1.165, 1.54) is 25.7 Å². The van der Waals surface area contributed by atoms with E-state index < -0.39 is 5.76 Å². The van der Waals surface area contributed by atoms with Crippen molar-refractivity contribution in [2.24, 2.45) is 11.8 Å². The third-order valence-electron chi connectivity index (χ3n) is 9.55. The number of aromatic nitrogens is 6. The monoisotopic (exact) mass is 593 g/mol. The second-order valence-electron chi connectivity index (χ2n) is 12.2. The van der Waals surface area contributed by atoms with Gasteiger partial charge < -0.3 is 18.9 Å². The van der Waals surface area contributed by atoms with Crippen molar-refractivity contribution < 1.29 is 14.0 Å². The van der Waals surface area contributed by atoms with Gasteiger partial charge in [0, 0.05) is 45.3 Å². The van der Waals surface area contributed by atoms with E-state index in [0.717, 1.165) is 60.8 Å². The summed E-state index contributed by atoms with van der Waals surface area (Å²) < 4.78 is 19.2. The van der Waals surface area contributed by atoms with E-state index in [2.05, 4.69) is 31.5 Å². The van der Waals surface area contributed by atoms with Gasteiger partial charge >= 0.3 is 5.76 Å². The van der Waals surface area contributed by atoms with Crippen molar-refractivity contribution in [2.75, 3.05) is 25.7 Å². The third kappa shape index (κ3) is 4.91. The summed E-state index contributed by atoms with van der Waals surface area (Å²) in [5, 5.41) is 4.42. The molecule has 12 heteroatoms. The van der Waals surface area contributed by atoms with Gasteiger partial charge in [-0.3, -0.25) is 14.5 Å². The zero-order chi connectivity index (χ0) is 29.0. The number of nitrogens with one attached hydrogen (secondary N) is 1. The van der Waals surface area contributed by atoms with Crippen molar-refractivity contribution in [3.63, 3.8) is 0 Å². The SMILES string of the molecule is CO[C@@H]1CC(C2(OC)CC2)N(c2nc3cc(-c4noc(=O)[nH]4)nc(-c4cncc(Cl)c4)c3n2CC2CCC(C)CC2)C1. The molecule has 3 aliphatic rings. The Hall–Kier alpha value is -3.28. The number of hydrogen-bond donors (Lipinski definition) is 1. The highest BCUT2D eigenvalue weighted by Crippen LogP contribution is 2.49. The molecule has 3 fully saturated rings. The average Bonchev–Trinajstić information content (AvgIpc) is 3.28. The van der Waals surface area contributed by atoms with Gasteiger partial charge in [0.2, 0.25) is 11.8 Å². The van der Waals surface area contributed by atoms with Crippen LogP contribution in [-0.2, 0) is 16.0 Å². The Labute approximate surface area is 248 Å². The lowest BCUT2D eigenvalue weighted by atomic mass is 9.83. The van der Waals surface area contributed by atoms with Crippen LogP contribution < -0.4 is 10.7 Å². The number of aromatic amines is 1. The standard InChI is InChI=1S/C30H36ClN7O4/c1-17-4-6-18(7-5-17)15-38-26-22(34-28(38)37-16-21(40-2)11-24(37)30(41-3)8-9-30)12-23(27-35-29(39)42-36-27)33-25(26)19-10-20(31)14-32-13-19/h10,12-14,17-18,21,24H,4-9,11,15-16H2,1-3H3,(H,35,36,39)/t17?,18?,21-,24?/m1/s1. The number of nitrogens with zero attached hydrogens (tertiary/aromatic N) is 6. The Bertz CT molecular complexity index is 1650. The summed E-state index contributed by atoms with van der Waals surface area (Å²) in [5.41, 5.74) is 3.35. The van der Waals surface area contributed by atoms with Crippen LogP contribution in [0.5, 0.6) is 0 Å². The van der Waals surface area contributed by atoms with Gasteiger partial charge in [0.1, 0.15) is 5.69 Å². The van der Waals surface area contributed by atoms with E-state index in [4.69, 9.17) is 35.6 Å². The fourth-order valence-corrected chi connectivity index (χ4v) is 7.17. The third-order valence-corrected chi connectivity index (χ3v) is 9.76. The van der Waals surface area contributed by atoms with Gasteiger partial charge in [0.15, 0.2) is 0 Å². The molecule has 2 saturated carbocycles. The topological polar surface area (TPSA) is 124 Å². The summed E-state index contributed by atoms with van der Waals surface area (Å²) in [7, 11) is 3.60. The molecule has 7 rings (SSSR count). The first kappa shape index (κ1) is 27.5. The average molecular weight is 594 g/mol. The summed E-state index contributed by atoms with van der Waals surface area (Å²) in [6.45, 7) is 3.89. The van der Waals surface area contributed by atoms with E-state index in [9.17, 15) is 4.79 Å². The van der Waals surface area contributed by atoms with Crippen LogP contribution in [0.1, 0.15) is 51.9 Å². The van der Waals surface area contributed by atoms with Crippen molar-refractivity contribution in [3.8, 4) is 22.8 Å². The van der Waals surface area contributed by atoms with Crippen LogP contribution in [0.4, 0.5) is 5.95 Å². The number of hydrogen-bond acceptors (Lipinski definition) is 9. The van der Waals surface area contributed by atoms with E-state index >= 15 is 0 Å². The molecule has 1 aliphatic heterocycles. The highest BCUT2D eigenvalue weighted by Gasteiger charge is 2.56. The Morgan fingerprint density at radius 2 is 1.95 bits per heavy atom. The fourth-order valence-electron chi connectivity index (χ4n) is 7.00. The van der Waals surface area contributed by atoms with Gasteiger partial charge in [-0.2, -0.15) is 0 Å². The van der Waals surface area contributed by atoms with Crippen molar-refractivity contribution in [1.82, 2.24) is 29.7 Å². The van der Waals surface area contributed by atoms with Crippen LogP contribution in [0.15, 0.2) is 33.8 Å². The van der Waals surface area contributed by atoms with Crippen LogP contribution in [0, 0.1) is 11.8 Å². The molecular weight excluding hydrogens is 558 g/mol. The number of rotatable bonds is 8. The van der Waals surface area contributed by atoms with E-state index in [1.807, 2.05) is 19.2 Å². The molecule has 0 bridgehead atoms. The van der Waals surface area contributed by atoms with Crippen molar-refractivity contribution in [1.29, 1.82) is 0 Å². The molecule has 4 aromatic rings. The molecule has 5 heterocycles. The summed E-state index contributed by atoms with van der Waals surface area (Å²) in [4.78, 5) is 31.5. The van der Waals surface area contributed by atoms with Crippen molar-refractivity contribution >= 4 is 28.6 Å². The summed E-state index contributed by atoms with van der Waals surface area (Å²) in [6.07, 6.45) is 11.2. The Morgan fingerprint density at radius 1 is 1.14 bits per heavy atom. The highest BCUT2D eigenvalue weighted by molar-refractivity contribution is 6.30. The van der Waals surface area contributed by atoms with Crippen LogP contribution >= 0.6 is 11.6 Å². The van der Waals surface area contributed by atoms with Gasteiger partial charge in [0.05, 0.1) is 39.5 Å². The second kappa shape index (κ2) is 10.8. The number of pyridine rings is 2. The quantitative estimate of drug-likeness (QED) is 0.297. The van der Waals surface area contributed by atoms with Gasteiger partial charge in [-0.1, -0.05) is 36.5 Å². The molecule has 4 aromatic heterocycles. The lowest BCUT2D eigenvalue weighted by molar-refractivity contribution is 0.0481. The second-order valence-corrected chi connectivity index (χ2v) is 12.7. The molecule has 1 saturated heterocycles.